The van der Waals surface area contributed by atoms with E-state index in [1.165, 1.54) is 15.9 Å². The summed E-state index contributed by atoms with van der Waals surface area (Å²) in [5.41, 5.74) is 0.661. The Morgan fingerprint density at radius 2 is 0.929 bits per heavy atom. The van der Waals surface area contributed by atoms with Gasteiger partial charge in [0.05, 0.1) is 0 Å². The van der Waals surface area contributed by atoms with Gasteiger partial charge in [-0.3, -0.25) is 0 Å². The molecule has 0 N–H and O–H groups in total. The van der Waals surface area contributed by atoms with Gasteiger partial charge in [-0.05, 0) is 0 Å². The van der Waals surface area contributed by atoms with Crippen LogP contribution in [0.25, 0.3) is 0 Å². The number of rotatable bonds is 4. The van der Waals surface area contributed by atoms with Crippen LogP contribution in [-0.4, -0.2) is 0 Å². The minimum absolute atomic E-state index is 0.661. The Morgan fingerprint density at radius 3 is 1.32 bits per heavy atom. The first-order chi connectivity index (χ1) is 13.7. The van der Waals surface area contributed by atoms with E-state index in [0.29, 0.717) is 5.56 Å². The molecular weight excluding hydrogens is 425 g/mol. The van der Waals surface area contributed by atoms with Crippen LogP contribution in [0.15, 0.2) is 115 Å². The monoisotopic (exact) mass is 443 g/mol. The fraction of sp³-hybridized carbons (Fsp3) is 0. The summed E-state index contributed by atoms with van der Waals surface area (Å²) in [6.07, 6.45) is 0. The summed E-state index contributed by atoms with van der Waals surface area (Å²) in [7, 11) is 0. The van der Waals surface area contributed by atoms with Crippen LogP contribution in [-0.2, 0) is 0 Å². The van der Waals surface area contributed by atoms with Gasteiger partial charge in [0.25, 0.3) is 0 Å². The maximum absolute atomic E-state index is 9.57. The first-order valence-electron chi connectivity index (χ1n) is 9.09. The topological polar surface area (TPSA) is 23.8 Å². The molecule has 1 nitrogen and oxygen atoms in total. The zero-order valence-corrected chi connectivity index (χ0v) is 17.7. The van der Waals surface area contributed by atoms with Gasteiger partial charge >= 0.3 is 174 Å². The second-order valence-electron chi connectivity index (χ2n) is 6.68. The van der Waals surface area contributed by atoms with Gasteiger partial charge in [0, 0.05) is 0 Å². The Hall–Kier alpha value is -2.72. The molecule has 0 aliphatic heterocycles. The molecule has 4 rings (SSSR count). The van der Waals surface area contributed by atoms with Gasteiger partial charge in [-0.15, -0.1) is 0 Å². The van der Waals surface area contributed by atoms with E-state index in [-0.39, 0.29) is 0 Å². The van der Waals surface area contributed by atoms with Crippen molar-refractivity contribution < 1.29 is 0 Å². The molecule has 0 saturated carbocycles. The zero-order chi connectivity index (χ0) is 19.5. The SMILES string of the molecule is N#Cc1cccc(P(Br)(c2ccccc2)(c2ccccc2)c2ccccc2)c1. The van der Waals surface area contributed by atoms with Gasteiger partial charge in [0.15, 0.2) is 0 Å². The van der Waals surface area contributed by atoms with Crippen molar-refractivity contribution in [2.24, 2.45) is 0 Å². The van der Waals surface area contributed by atoms with Crippen molar-refractivity contribution in [3.8, 4) is 6.07 Å². The molecule has 0 amide bonds. The molecule has 0 aromatic heterocycles. The van der Waals surface area contributed by atoms with E-state index in [9.17, 15) is 5.26 Å². The van der Waals surface area contributed by atoms with Crippen LogP contribution in [0, 0.1) is 11.3 Å². The van der Waals surface area contributed by atoms with Crippen LogP contribution in [0.3, 0.4) is 0 Å². The fourth-order valence-corrected chi connectivity index (χ4v) is 11.4. The average molecular weight is 444 g/mol. The molecule has 4 aromatic carbocycles. The molecule has 136 valence electrons. The van der Waals surface area contributed by atoms with Gasteiger partial charge in [-0.2, -0.15) is 0 Å². The van der Waals surface area contributed by atoms with E-state index < -0.39 is 5.31 Å². The molecule has 0 bridgehead atoms. The predicted molar refractivity (Wildman–Crippen MR) is 125 cm³/mol. The standard InChI is InChI=1S/C25H19BrNP/c26-28(22-12-4-1-5-13-22,23-14-6-2-7-15-23,24-16-8-3-9-17-24)25-18-10-11-21(19-25)20-27/h1-19H. The molecule has 4 aromatic rings. The molecule has 28 heavy (non-hydrogen) atoms. The van der Waals surface area contributed by atoms with Crippen LogP contribution in [0.2, 0.25) is 0 Å². The van der Waals surface area contributed by atoms with Crippen molar-refractivity contribution in [2.75, 3.05) is 0 Å². The number of halogens is 1. The second-order valence-corrected chi connectivity index (χ2v) is 15.0. The Balaban J connectivity index is 2.24. The maximum atomic E-state index is 9.57. The van der Waals surface area contributed by atoms with E-state index in [0.717, 1.165) is 5.30 Å². The summed E-state index contributed by atoms with van der Waals surface area (Å²) >= 11 is 4.41. The van der Waals surface area contributed by atoms with Crippen molar-refractivity contribution in [3.63, 3.8) is 0 Å². The first kappa shape index (κ1) is 18.6. The summed E-state index contributed by atoms with van der Waals surface area (Å²) in [6, 6.07) is 42.0. The van der Waals surface area contributed by atoms with Crippen molar-refractivity contribution >= 4 is 42.0 Å². The third kappa shape index (κ3) is 2.71. The Kier molecular flexibility index (Phi) is 4.90. The molecule has 3 heteroatoms. The van der Waals surface area contributed by atoms with Gasteiger partial charge in [-0.1, -0.05) is 0 Å². The minimum atomic E-state index is -3.21. The summed E-state index contributed by atoms with van der Waals surface area (Å²) < 4.78 is 0. The van der Waals surface area contributed by atoms with Crippen LogP contribution in [0.1, 0.15) is 5.56 Å². The van der Waals surface area contributed by atoms with Crippen molar-refractivity contribution in [2.45, 2.75) is 0 Å². The van der Waals surface area contributed by atoms with Crippen LogP contribution < -0.4 is 21.2 Å². The molecule has 0 unspecified atom stereocenters. The van der Waals surface area contributed by atoms with E-state index in [1.807, 2.05) is 36.4 Å². The van der Waals surface area contributed by atoms with Crippen LogP contribution in [0.5, 0.6) is 0 Å². The molecule has 0 heterocycles. The Labute approximate surface area is 174 Å². The summed E-state index contributed by atoms with van der Waals surface area (Å²) in [6.45, 7) is 0. The van der Waals surface area contributed by atoms with E-state index in [1.54, 1.807) is 0 Å². The number of benzene rings is 4. The second kappa shape index (κ2) is 7.36. The first-order valence-corrected chi connectivity index (χ1v) is 13.3. The Bertz CT molecular complexity index is 1040. The van der Waals surface area contributed by atoms with Crippen molar-refractivity contribution in [1.82, 2.24) is 0 Å². The van der Waals surface area contributed by atoms with E-state index >= 15 is 0 Å². The van der Waals surface area contributed by atoms with Crippen LogP contribution >= 0.6 is 20.8 Å². The molecule has 0 saturated heterocycles. The van der Waals surface area contributed by atoms with Gasteiger partial charge in [0.1, 0.15) is 0 Å². The summed E-state index contributed by atoms with van der Waals surface area (Å²) in [4.78, 5) is 0. The quantitative estimate of drug-likeness (QED) is 0.406. The molecule has 0 radical (unpaired) electrons. The summed E-state index contributed by atoms with van der Waals surface area (Å²) in [5, 5.41) is 11.1. The summed E-state index contributed by atoms with van der Waals surface area (Å²) in [5.74, 6) is 0. The molecular formula is C25H19BrNP. The number of hydrogen-bond donors (Lipinski definition) is 0. The Morgan fingerprint density at radius 1 is 0.536 bits per heavy atom. The third-order valence-corrected chi connectivity index (χ3v) is 15.1. The van der Waals surface area contributed by atoms with E-state index in [2.05, 4.69) is 100 Å². The fourth-order valence-electron chi connectivity index (χ4n) is 3.85. The number of nitriles is 1. The molecule has 0 spiro atoms. The zero-order valence-electron chi connectivity index (χ0n) is 15.2. The molecule has 0 aliphatic carbocycles. The predicted octanol–water partition coefficient (Wildman–Crippen LogP) is 5.02. The van der Waals surface area contributed by atoms with Crippen molar-refractivity contribution in [3.05, 3.63) is 121 Å². The van der Waals surface area contributed by atoms with Gasteiger partial charge in [0.2, 0.25) is 0 Å². The third-order valence-electron chi connectivity index (χ3n) is 5.18. The molecule has 0 fully saturated rings. The van der Waals surface area contributed by atoms with Gasteiger partial charge < -0.3 is 0 Å². The normalized spacial score (nSPS) is 12.5. The van der Waals surface area contributed by atoms with E-state index in [4.69, 9.17) is 0 Å². The van der Waals surface area contributed by atoms with Crippen molar-refractivity contribution in [1.29, 1.82) is 5.26 Å². The molecule has 0 aliphatic rings. The molecule has 0 atom stereocenters. The average Bonchev–Trinajstić information content (AvgIpc) is 2.80. The number of nitrogens with zero attached hydrogens (tertiary/aromatic N) is 1. The number of hydrogen-bond acceptors (Lipinski definition) is 1. The van der Waals surface area contributed by atoms with Gasteiger partial charge in [-0.25, -0.2) is 0 Å². The van der Waals surface area contributed by atoms with Crippen LogP contribution in [0.4, 0.5) is 0 Å².